The molecular formula is C12H15N5O4. The highest BCUT2D eigenvalue weighted by atomic mass is 16.8. The van der Waals surface area contributed by atoms with Gasteiger partial charge in [-0.25, -0.2) is 19.7 Å². The van der Waals surface area contributed by atoms with Gasteiger partial charge < -0.3 is 24.9 Å². The number of nitrogens with zero attached hydrogens (tertiary/aromatic N) is 4. The number of imidazole rings is 1. The number of fused-ring (bicyclic) bond motifs is 1. The van der Waals surface area contributed by atoms with Crippen LogP contribution < -0.4 is 5.73 Å². The van der Waals surface area contributed by atoms with Gasteiger partial charge in [0, 0.05) is 0 Å². The summed E-state index contributed by atoms with van der Waals surface area (Å²) >= 11 is 0. The van der Waals surface area contributed by atoms with Crippen molar-refractivity contribution in [1.29, 1.82) is 0 Å². The van der Waals surface area contributed by atoms with Crippen LogP contribution in [0.15, 0.2) is 12.7 Å². The Labute approximate surface area is 119 Å². The minimum absolute atomic E-state index is 0.243. The van der Waals surface area contributed by atoms with Crippen molar-refractivity contribution in [1.82, 2.24) is 19.5 Å². The third-order valence-corrected chi connectivity index (χ3v) is 3.23. The maximum Gasteiger partial charge on any atom is 0.335 e. The Kier molecular flexibility index (Phi) is 3.03. The fourth-order valence-corrected chi connectivity index (χ4v) is 2.40. The van der Waals surface area contributed by atoms with Gasteiger partial charge in [0.2, 0.25) is 0 Å². The zero-order valence-electron chi connectivity index (χ0n) is 11.6. The average Bonchev–Trinajstić information content (AvgIpc) is 2.92. The van der Waals surface area contributed by atoms with Gasteiger partial charge >= 0.3 is 5.97 Å². The fraction of sp³-hybridized carbons (Fsp3) is 0.500. The molecule has 1 aliphatic rings. The summed E-state index contributed by atoms with van der Waals surface area (Å²) in [6.45, 7) is 3.59. The van der Waals surface area contributed by atoms with Crippen LogP contribution in [0.4, 0.5) is 5.82 Å². The van der Waals surface area contributed by atoms with Gasteiger partial charge in [-0.1, -0.05) is 0 Å². The maximum absolute atomic E-state index is 11.3. The zero-order chi connectivity index (χ0) is 15.2. The van der Waals surface area contributed by atoms with Crippen LogP contribution in [0, 0.1) is 0 Å². The summed E-state index contributed by atoms with van der Waals surface area (Å²) in [6, 6.07) is 0. The predicted molar refractivity (Wildman–Crippen MR) is 71.2 cm³/mol. The summed E-state index contributed by atoms with van der Waals surface area (Å²) in [7, 11) is 0. The van der Waals surface area contributed by atoms with Crippen molar-refractivity contribution in [3.05, 3.63) is 12.7 Å². The van der Waals surface area contributed by atoms with Gasteiger partial charge in [-0.2, -0.15) is 0 Å². The number of hydrogen-bond acceptors (Lipinski definition) is 7. The monoisotopic (exact) mass is 293 g/mol. The molecule has 0 spiro atoms. The highest BCUT2D eigenvalue weighted by molar-refractivity contribution is 5.81. The summed E-state index contributed by atoms with van der Waals surface area (Å²) < 4.78 is 12.7. The largest absolute Gasteiger partial charge is 0.479 e. The number of carbonyl (C=O) groups is 1. The second-order valence-electron chi connectivity index (χ2n) is 5.26. The van der Waals surface area contributed by atoms with Gasteiger partial charge in [-0.3, -0.25) is 0 Å². The van der Waals surface area contributed by atoms with Crippen LogP contribution in [0.3, 0.4) is 0 Å². The molecule has 1 aliphatic heterocycles. The van der Waals surface area contributed by atoms with Crippen LogP contribution in [-0.2, 0) is 20.8 Å². The van der Waals surface area contributed by atoms with E-state index >= 15 is 0 Å². The third-order valence-electron chi connectivity index (χ3n) is 3.23. The molecule has 0 unspecified atom stereocenters. The first-order valence-corrected chi connectivity index (χ1v) is 6.37. The number of anilines is 1. The summed E-state index contributed by atoms with van der Waals surface area (Å²) in [6.07, 6.45) is 1.17. The topological polar surface area (TPSA) is 125 Å². The van der Waals surface area contributed by atoms with Gasteiger partial charge in [-0.05, 0) is 13.8 Å². The van der Waals surface area contributed by atoms with Crippen molar-refractivity contribution in [3.63, 3.8) is 0 Å². The summed E-state index contributed by atoms with van der Waals surface area (Å²) in [5, 5.41) is 9.23. The Morgan fingerprint density at radius 1 is 1.43 bits per heavy atom. The number of carboxylic acids is 1. The molecule has 112 valence electrons. The first-order valence-electron chi connectivity index (χ1n) is 6.37. The average molecular weight is 293 g/mol. The molecule has 0 aromatic carbocycles. The van der Waals surface area contributed by atoms with E-state index in [1.54, 1.807) is 18.4 Å². The lowest BCUT2D eigenvalue weighted by atomic mass is 10.2. The Morgan fingerprint density at radius 3 is 2.90 bits per heavy atom. The molecule has 9 nitrogen and oxygen atoms in total. The van der Waals surface area contributed by atoms with E-state index in [4.69, 9.17) is 15.2 Å². The van der Waals surface area contributed by atoms with Crippen LogP contribution in [0.1, 0.15) is 13.8 Å². The smallest absolute Gasteiger partial charge is 0.335 e. The highest BCUT2D eigenvalue weighted by Gasteiger charge is 2.45. The number of nitrogen functional groups attached to an aromatic ring is 1. The predicted octanol–water partition coefficient (Wildman–Crippen LogP) is 0.0132. The van der Waals surface area contributed by atoms with Gasteiger partial charge in [0.15, 0.2) is 23.4 Å². The van der Waals surface area contributed by atoms with Crippen molar-refractivity contribution < 1.29 is 19.4 Å². The molecule has 0 bridgehead atoms. The third kappa shape index (κ3) is 2.41. The zero-order valence-corrected chi connectivity index (χ0v) is 11.6. The Bertz CT molecular complexity index is 698. The number of carboxylic acid groups (broad SMARTS) is 1. The van der Waals surface area contributed by atoms with Crippen molar-refractivity contribution >= 4 is 23.0 Å². The summed E-state index contributed by atoms with van der Waals surface area (Å²) in [4.78, 5) is 23.4. The lowest BCUT2D eigenvalue weighted by Crippen LogP contribution is -2.34. The molecule has 2 atom stereocenters. The molecular weight excluding hydrogens is 278 g/mol. The molecule has 2 aromatic rings. The van der Waals surface area contributed by atoms with Gasteiger partial charge in [-0.15, -0.1) is 0 Å². The van der Waals surface area contributed by atoms with E-state index in [9.17, 15) is 9.90 Å². The minimum atomic E-state index is -1.07. The van der Waals surface area contributed by atoms with Crippen LogP contribution >= 0.6 is 0 Å². The van der Waals surface area contributed by atoms with Gasteiger partial charge in [0.25, 0.3) is 0 Å². The molecule has 2 aromatic heterocycles. The van der Waals surface area contributed by atoms with Crippen LogP contribution in [0.5, 0.6) is 0 Å². The van der Waals surface area contributed by atoms with E-state index in [2.05, 4.69) is 15.0 Å². The van der Waals surface area contributed by atoms with E-state index in [1.165, 1.54) is 12.7 Å². The minimum Gasteiger partial charge on any atom is -0.479 e. The lowest BCUT2D eigenvalue weighted by molar-refractivity contribution is -0.165. The summed E-state index contributed by atoms with van der Waals surface area (Å²) in [5.41, 5.74) is 6.72. The van der Waals surface area contributed by atoms with Gasteiger partial charge in [0.1, 0.15) is 17.9 Å². The molecule has 1 fully saturated rings. The van der Waals surface area contributed by atoms with Crippen LogP contribution in [0.25, 0.3) is 11.2 Å². The lowest BCUT2D eigenvalue weighted by Gasteiger charge is -2.16. The van der Waals surface area contributed by atoms with Crippen LogP contribution in [-0.4, -0.2) is 48.6 Å². The second-order valence-corrected chi connectivity index (χ2v) is 5.26. The van der Waals surface area contributed by atoms with E-state index in [-0.39, 0.29) is 12.4 Å². The second kappa shape index (κ2) is 4.64. The van der Waals surface area contributed by atoms with Crippen molar-refractivity contribution in [2.45, 2.75) is 38.4 Å². The molecule has 21 heavy (non-hydrogen) atoms. The quantitative estimate of drug-likeness (QED) is 0.810. The number of aliphatic carboxylic acids is 1. The molecule has 0 aliphatic carbocycles. The Balaban J connectivity index is 1.91. The van der Waals surface area contributed by atoms with E-state index < -0.39 is 24.0 Å². The number of ether oxygens (including phenoxy) is 2. The van der Waals surface area contributed by atoms with E-state index in [0.29, 0.717) is 11.2 Å². The first kappa shape index (κ1) is 13.7. The molecule has 9 heteroatoms. The number of rotatable bonds is 3. The summed E-state index contributed by atoms with van der Waals surface area (Å²) in [5.74, 6) is -1.74. The SMILES string of the molecule is CC1(C)O[C@@H](Cn2cnc3c(N)ncnc32)[C@@H](C(=O)O)O1. The molecule has 3 rings (SSSR count). The van der Waals surface area contributed by atoms with E-state index in [0.717, 1.165) is 0 Å². The molecule has 1 saturated heterocycles. The molecule has 3 N–H and O–H groups in total. The number of nitrogens with two attached hydrogens (primary N) is 1. The van der Waals surface area contributed by atoms with Crippen molar-refractivity contribution in [2.24, 2.45) is 0 Å². The standard InChI is InChI=1S/C12H15N5O4/c1-12(2)20-6(8(21-12)11(18)19)3-17-5-16-7-9(13)14-4-15-10(7)17/h4-6,8H,3H2,1-2H3,(H,18,19)(H2,13,14,15)/t6-,8-/m0/s1. The Hall–Kier alpha value is -2.26. The van der Waals surface area contributed by atoms with Gasteiger partial charge in [0.05, 0.1) is 12.9 Å². The van der Waals surface area contributed by atoms with Crippen molar-refractivity contribution in [3.8, 4) is 0 Å². The number of aromatic nitrogens is 4. The molecule has 3 heterocycles. The molecule has 0 radical (unpaired) electrons. The first-order chi connectivity index (χ1) is 9.87. The van der Waals surface area contributed by atoms with E-state index in [1.807, 2.05) is 0 Å². The normalized spacial score (nSPS) is 24.5. The fourth-order valence-electron chi connectivity index (χ4n) is 2.40. The van der Waals surface area contributed by atoms with Crippen LogP contribution in [0.2, 0.25) is 0 Å². The molecule has 0 saturated carbocycles. The maximum atomic E-state index is 11.3. The Morgan fingerprint density at radius 2 is 2.19 bits per heavy atom. The highest BCUT2D eigenvalue weighted by Crippen LogP contribution is 2.30. The molecule has 0 amide bonds. The van der Waals surface area contributed by atoms with Crippen molar-refractivity contribution in [2.75, 3.05) is 5.73 Å². The number of hydrogen-bond donors (Lipinski definition) is 2.